The number of aromatic nitrogens is 3. The molecule has 1 aromatic carbocycles. The monoisotopic (exact) mass is 335 g/mol. The van der Waals surface area contributed by atoms with Crippen LogP contribution in [0, 0.1) is 11.3 Å². The summed E-state index contributed by atoms with van der Waals surface area (Å²) in [4.78, 5) is 12.7. The van der Waals surface area contributed by atoms with Gasteiger partial charge in [-0.15, -0.1) is 0 Å². The summed E-state index contributed by atoms with van der Waals surface area (Å²) in [5, 5.41) is 12.4. The number of halogens is 1. The van der Waals surface area contributed by atoms with Gasteiger partial charge in [0, 0.05) is 0 Å². The molecule has 0 aliphatic rings. The Balaban J connectivity index is 1.72. The van der Waals surface area contributed by atoms with Crippen LogP contribution in [0.1, 0.15) is 17.0 Å². The minimum atomic E-state index is 0.362. The van der Waals surface area contributed by atoms with Crippen molar-refractivity contribution in [3.05, 3.63) is 76.8 Å². The standard InChI is InChI=1S/C18H14ClN5/c19-16-12-22-18(23-15-8-7-14(10-20)21-11-15)24-17(16)9-6-13-4-2-1-3-5-13/h1-5,7-8,11-12H,6,9H2,(H,22,23,24). The van der Waals surface area contributed by atoms with Crippen LogP contribution in [0.15, 0.2) is 54.9 Å². The summed E-state index contributed by atoms with van der Waals surface area (Å²) < 4.78 is 0. The molecule has 6 heteroatoms. The molecule has 0 fully saturated rings. The van der Waals surface area contributed by atoms with Gasteiger partial charge in [-0.3, -0.25) is 0 Å². The summed E-state index contributed by atoms with van der Waals surface area (Å²) in [7, 11) is 0. The van der Waals surface area contributed by atoms with Gasteiger partial charge < -0.3 is 5.32 Å². The van der Waals surface area contributed by atoms with Crippen molar-refractivity contribution in [2.75, 3.05) is 5.32 Å². The van der Waals surface area contributed by atoms with Crippen LogP contribution < -0.4 is 5.32 Å². The van der Waals surface area contributed by atoms with Crippen molar-refractivity contribution >= 4 is 23.2 Å². The fraction of sp³-hybridized carbons (Fsp3) is 0.111. The first-order valence-electron chi connectivity index (χ1n) is 7.43. The second-order valence-electron chi connectivity index (χ2n) is 5.14. The molecule has 0 saturated heterocycles. The van der Waals surface area contributed by atoms with E-state index in [2.05, 4.69) is 32.4 Å². The van der Waals surface area contributed by atoms with E-state index in [1.807, 2.05) is 24.3 Å². The molecule has 1 N–H and O–H groups in total. The minimum absolute atomic E-state index is 0.362. The number of benzene rings is 1. The van der Waals surface area contributed by atoms with Gasteiger partial charge in [0.25, 0.3) is 0 Å². The van der Waals surface area contributed by atoms with Crippen LogP contribution in [0.4, 0.5) is 11.6 Å². The van der Waals surface area contributed by atoms with E-state index in [0.29, 0.717) is 22.4 Å². The lowest BCUT2D eigenvalue weighted by Crippen LogP contribution is -2.02. The number of nitrogens with one attached hydrogen (secondary N) is 1. The fourth-order valence-electron chi connectivity index (χ4n) is 2.21. The van der Waals surface area contributed by atoms with E-state index in [9.17, 15) is 0 Å². The van der Waals surface area contributed by atoms with Crippen molar-refractivity contribution in [3.63, 3.8) is 0 Å². The molecule has 3 rings (SSSR count). The third-order valence-electron chi connectivity index (χ3n) is 3.44. The molecule has 0 spiro atoms. The number of anilines is 2. The molecule has 2 heterocycles. The molecule has 0 unspecified atom stereocenters. The molecule has 0 radical (unpaired) electrons. The number of pyridine rings is 1. The number of aryl methyl sites for hydroxylation is 2. The van der Waals surface area contributed by atoms with Gasteiger partial charge in [-0.05, 0) is 30.5 Å². The predicted octanol–water partition coefficient (Wildman–Crippen LogP) is 3.93. The third kappa shape index (κ3) is 4.06. The van der Waals surface area contributed by atoms with Crippen molar-refractivity contribution in [2.45, 2.75) is 12.8 Å². The van der Waals surface area contributed by atoms with Crippen molar-refractivity contribution < 1.29 is 0 Å². The van der Waals surface area contributed by atoms with Crippen molar-refractivity contribution in [1.82, 2.24) is 15.0 Å². The molecule has 0 aliphatic heterocycles. The molecule has 0 saturated carbocycles. The first kappa shape index (κ1) is 15.9. The Morgan fingerprint density at radius 3 is 2.54 bits per heavy atom. The maximum absolute atomic E-state index is 8.77. The normalized spacial score (nSPS) is 10.2. The molecule has 0 bridgehead atoms. The summed E-state index contributed by atoms with van der Waals surface area (Å²) in [6.07, 6.45) is 4.75. The third-order valence-corrected chi connectivity index (χ3v) is 3.76. The van der Waals surface area contributed by atoms with E-state index >= 15 is 0 Å². The van der Waals surface area contributed by atoms with Crippen LogP contribution in [-0.2, 0) is 12.8 Å². The highest BCUT2D eigenvalue weighted by molar-refractivity contribution is 6.31. The number of nitrogens with zero attached hydrogens (tertiary/aromatic N) is 4. The van der Waals surface area contributed by atoms with Gasteiger partial charge in [0.05, 0.1) is 28.8 Å². The molecule has 0 amide bonds. The SMILES string of the molecule is N#Cc1ccc(Nc2ncc(Cl)c(CCc3ccccc3)n2)cn1. The largest absolute Gasteiger partial charge is 0.323 e. The first-order valence-corrected chi connectivity index (χ1v) is 7.81. The van der Waals surface area contributed by atoms with E-state index < -0.39 is 0 Å². The van der Waals surface area contributed by atoms with Crippen LogP contribution in [0.25, 0.3) is 0 Å². The molecule has 3 aromatic rings. The minimum Gasteiger partial charge on any atom is -0.323 e. The predicted molar refractivity (Wildman–Crippen MR) is 93.1 cm³/mol. The van der Waals surface area contributed by atoms with E-state index in [-0.39, 0.29) is 0 Å². The number of nitriles is 1. The Labute approximate surface area is 145 Å². The highest BCUT2D eigenvalue weighted by atomic mass is 35.5. The Bertz CT molecular complexity index is 857. The molecule has 118 valence electrons. The van der Waals surface area contributed by atoms with Gasteiger partial charge in [0.2, 0.25) is 5.95 Å². The Kier molecular flexibility index (Phi) is 4.99. The Hall–Kier alpha value is -2.97. The zero-order valence-corrected chi connectivity index (χ0v) is 13.5. The average Bonchev–Trinajstić information content (AvgIpc) is 2.63. The molecule has 2 aromatic heterocycles. The molecule has 0 aliphatic carbocycles. The van der Waals surface area contributed by atoms with Gasteiger partial charge in [0.15, 0.2) is 0 Å². The van der Waals surface area contributed by atoms with Gasteiger partial charge in [0.1, 0.15) is 11.8 Å². The second-order valence-corrected chi connectivity index (χ2v) is 5.55. The Morgan fingerprint density at radius 1 is 1.00 bits per heavy atom. The van der Waals surface area contributed by atoms with Crippen molar-refractivity contribution in [1.29, 1.82) is 5.26 Å². The lowest BCUT2D eigenvalue weighted by Gasteiger charge is -2.08. The van der Waals surface area contributed by atoms with Crippen LogP contribution in [0.3, 0.4) is 0 Å². The number of rotatable bonds is 5. The van der Waals surface area contributed by atoms with Crippen LogP contribution in [-0.4, -0.2) is 15.0 Å². The lowest BCUT2D eigenvalue weighted by atomic mass is 10.1. The Morgan fingerprint density at radius 2 is 1.83 bits per heavy atom. The maximum Gasteiger partial charge on any atom is 0.227 e. The summed E-state index contributed by atoms with van der Waals surface area (Å²) >= 11 is 6.20. The van der Waals surface area contributed by atoms with E-state index in [0.717, 1.165) is 18.5 Å². The summed E-state index contributed by atoms with van der Waals surface area (Å²) in [6, 6.07) is 15.6. The molecular weight excluding hydrogens is 322 g/mol. The number of hydrogen-bond donors (Lipinski definition) is 1. The van der Waals surface area contributed by atoms with Gasteiger partial charge >= 0.3 is 0 Å². The van der Waals surface area contributed by atoms with E-state index in [1.54, 1.807) is 24.5 Å². The molecule has 0 atom stereocenters. The van der Waals surface area contributed by atoms with Gasteiger partial charge in [-0.1, -0.05) is 41.9 Å². The second kappa shape index (κ2) is 7.53. The highest BCUT2D eigenvalue weighted by Gasteiger charge is 2.07. The fourth-order valence-corrected chi connectivity index (χ4v) is 2.39. The van der Waals surface area contributed by atoms with Gasteiger partial charge in [-0.25, -0.2) is 15.0 Å². The first-order chi connectivity index (χ1) is 11.7. The smallest absolute Gasteiger partial charge is 0.227 e. The zero-order valence-electron chi connectivity index (χ0n) is 12.8. The maximum atomic E-state index is 8.77. The highest BCUT2D eigenvalue weighted by Crippen LogP contribution is 2.19. The van der Waals surface area contributed by atoms with E-state index in [1.165, 1.54) is 5.56 Å². The van der Waals surface area contributed by atoms with Gasteiger partial charge in [-0.2, -0.15) is 5.26 Å². The molecule has 24 heavy (non-hydrogen) atoms. The summed E-state index contributed by atoms with van der Waals surface area (Å²) in [6.45, 7) is 0. The topological polar surface area (TPSA) is 74.5 Å². The van der Waals surface area contributed by atoms with Crippen LogP contribution in [0.5, 0.6) is 0 Å². The van der Waals surface area contributed by atoms with Crippen molar-refractivity contribution in [2.24, 2.45) is 0 Å². The quantitative estimate of drug-likeness (QED) is 0.764. The lowest BCUT2D eigenvalue weighted by molar-refractivity contribution is 0.904. The van der Waals surface area contributed by atoms with E-state index in [4.69, 9.17) is 16.9 Å². The van der Waals surface area contributed by atoms with Crippen LogP contribution >= 0.6 is 11.6 Å². The zero-order chi connectivity index (χ0) is 16.8. The van der Waals surface area contributed by atoms with Crippen LogP contribution in [0.2, 0.25) is 5.02 Å². The average molecular weight is 336 g/mol. The molecular formula is C18H14ClN5. The number of hydrogen-bond acceptors (Lipinski definition) is 5. The summed E-state index contributed by atoms with van der Waals surface area (Å²) in [5.41, 5.74) is 3.10. The van der Waals surface area contributed by atoms with Crippen molar-refractivity contribution in [3.8, 4) is 6.07 Å². The summed E-state index contributed by atoms with van der Waals surface area (Å²) in [5.74, 6) is 0.453. The molecule has 5 nitrogen and oxygen atoms in total.